The van der Waals surface area contributed by atoms with Crippen molar-refractivity contribution in [3.05, 3.63) is 131 Å². The summed E-state index contributed by atoms with van der Waals surface area (Å²) in [5, 5.41) is 0. The number of rotatable bonds is 6. The van der Waals surface area contributed by atoms with Gasteiger partial charge in [0.25, 0.3) is 0 Å². The molecule has 0 saturated carbocycles. The summed E-state index contributed by atoms with van der Waals surface area (Å²) in [7, 11) is 0. The molecule has 2 saturated heterocycles. The highest BCUT2D eigenvalue weighted by Gasteiger charge is 2.37. The highest BCUT2D eigenvalue weighted by Crippen LogP contribution is 2.43. The summed E-state index contributed by atoms with van der Waals surface area (Å²) in [4.78, 5) is 6.69. The summed E-state index contributed by atoms with van der Waals surface area (Å²) in [6, 6.07) is 23.7. The van der Waals surface area contributed by atoms with Crippen molar-refractivity contribution in [3.63, 3.8) is 0 Å². The summed E-state index contributed by atoms with van der Waals surface area (Å²) in [6.07, 6.45) is -2.91. The lowest BCUT2D eigenvalue weighted by atomic mass is 9.77. The number of piperidine rings is 2. The van der Waals surface area contributed by atoms with Crippen molar-refractivity contribution >= 4 is 5.57 Å². The zero-order valence-corrected chi connectivity index (χ0v) is 23.7. The lowest BCUT2D eigenvalue weighted by Gasteiger charge is -2.48. The molecule has 4 aromatic rings. The van der Waals surface area contributed by atoms with Crippen LogP contribution in [-0.4, -0.2) is 22.0 Å². The van der Waals surface area contributed by atoms with E-state index in [2.05, 4.69) is 9.88 Å². The number of pyridine rings is 1. The van der Waals surface area contributed by atoms with Crippen molar-refractivity contribution in [1.29, 1.82) is 0 Å². The molecule has 2 aliphatic rings. The Kier molecular flexibility index (Phi) is 8.24. The molecule has 2 aliphatic heterocycles. The third-order valence-corrected chi connectivity index (χ3v) is 8.48. The molecule has 3 nitrogen and oxygen atoms in total. The fourth-order valence-corrected chi connectivity index (χ4v) is 6.40. The minimum Gasteiger partial charge on any atom is -0.439 e. The number of fused-ring (bicyclic) bond motifs is 2. The normalized spacial score (nSPS) is 19.1. The maximum Gasteiger partial charge on any atom is 0.416 e. The Balaban J connectivity index is 1.28. The van der Waals surface area contributed by atoms with Gasteiger partial charge < -0.3 is 4.74 Å². The lowest BCUT2D eigenvalue weighted by molar-refractivity contribution is -0.138. The first-order valence-electron chi connectivity index (χ1n) is 14.6. The van der Waals surface area contributed by atoms with Crippen molar-refractivity contribution in [2.45, 2.75) is 63.1 Å². The quantitative estimate of drug-likeness (QED) is 0.204. The van der Waals surface area contributed by atoms with Crippen LogP contribution in [0.1, 0.15) is 59.9 Å². The first kappa shape index (κ1) is 29.9. The summed E-state index contributed by atoms with van der Waals surface area (Å²) >= 11 is 0. The number of hydrogen-bond donors (Lipinski definition) is 0. The molecule has 2 fully saturated rings. The summed E-state index contributed by atoms with van der Waals surface area (Å²) in [5.74, 6) is 1.20. The summed E-state index contributed by atoms with van der Waals surface area (Å²) in [5.41, 5.74) is 2.54. The van der Waals surface area contributed by atoms with E-state index in [4.69, 9.17) is 4.74 Å². The van der Waals surface area contributed by atoms with Crippen LogP contribution in [0.25, 0.3) is 5.57 Å². The molecule has 9 heteroatoms. The van der Waals surface area contributed by atoms with Gasteiger partial charge in [-0.15, -0.1) is 0 Å². The average Bonchev–Trinajstić information content (AvgIpc) is 2.99. The summed E-state index contributed by atoms with van der Waals surface area (Å²) < 4.78 is 85.7. The molecule has 0 radical (unpaired) electrons. The second kappa shape index (κ2) is 12.1. The smallest absolute Gasteiger partial charge is 0.416 e. The number of hydrogen-bond acceptors (Lipinski definition) is 3. The Morgan fingerprint density at radius 2 is 1.25 bits per heavy atom. The fraction of sp³-hybridized carbons (Fsp3) is 0.286. The van der Waals surface area contributed by atoms with E-state index in [9.17, 15) is 26.3 Å². The average molecular weight is 609 g/mol. The largest absolute Gasteiger partial charge is 0.439 e. The third kappa shape index (κ3) is 6.68. The molecular formula is C35H30F6N2O. The van der Waals surface area contributed by atoms with Crippen molar-refractivity contribution < 1.29 is 31.1 Å². The molecule has 2 bridgehead atoms. The molecule has 3 aromatic carbocycles. The van der Waals surface area contributed by atoms with Gasteiger partial charge in [0.05, 0.1) is 11.1 Å². The number of ether oxygens (including phenoxy) is 1. The molecule has 2 unspecified atom stereocenters. The van der Waals surface area contributed by atoms with Crippen molar-refractivity contribution in [1.82, 2.24) is 9.88 Å². The molecule has 6 rings (SSSR count). The Hall–Kier alpha value is -4.11. The van der Waals surface area contributed by atoms with Crippen LogP contribution in [0.15, 0.2) is 103 Å². The number of benzene rings is 3. The van der Waals surface area contributed by atoms with Gasteiger partial charge in [-0.2, -0.15) is 26.3 Å². The molecule has 0 N–H and O–H groups in total. The van der Waals surface area contributed by atoms with Crippen LogP contribution in [0.5, 0.6) is 11.6 Å². The number of nitrogens with zero attached hydrogens (tertiary/aromatic N) is 2. The Bertz CT molecular complexity index is 1520. The van der Waals surface area contributed by atoms with Gasteiger partial charge in [-0.1, -0.05) is 54.5 Å². The predicted octanol–water partition coefficient (Wildman–Crippen LogP) is 9.93. The van der Waals surface area contributed by atoms with Crippen molar-refractivity contribution in [2.75, 3.05) is 0 Å². The van der Waals surface area contributed by atoms with Crippen LogP contribution < -0.4 is 4.74 Å². The fourth-order valence-electron chi connectivity index (χ4n) is 6.40. The molecule has 0 aliphatic carbocycles. The van der Waals surface area contributed by atoms with E-state index in [1.165, 1.54) is 24.3 Å². The molecule has 3 heterocycles. The van der Waals surface area contributed by atoms with Gasteiger partial charge in [0.1, 0.15) is 5.75 Å². The highest BCUT2D eigenvalue weighted by atomic mass is 19.4. The van der Waals surface area contributed by atoms with Crippen LogP contribution in [0.2, 0.25) is 0 Å². The van der Waals surface area contributed by atoms with Gasteiger partial charge >= 0.3 is 12.4 Å². The molecule has 0 amide bonds. The minimum absolute atomic E-state index is 0.209. The lowest BCUT2D eigenvalue weighted by Crippen LogP contribution is -2.49. The number of halogens is 6. The van der Waals surface area contributed by atoms with Gasteiger partial charge in [0, 0.05) is 30.9 Å². The molecule has 228 valence electrons. The molecule has 44 heavy (non-hydrogen) atoms. The number of alkyl halides is 6. The van der Waals surface area contributed by atoms with Gasteiger partial charge in [0.2, 0.25) is 5.88 Å². The summed E-state index contributed by atoms with van der Waals surface area (Å²) in [6.45, 7) is 0.738. The van der Waals surface area contributed by atoms with Crippen molar-refractivity contribution in [2.24, 2.45) is 0 Å². The first-order valence-corrected chi connectivity index (χ1v) is 14.6. The van der Waals surface area contributed by atoms with Gasteiger partial charge in [-0.05, 0) is 90.4 Å². The number of aromatic nitrogens is 1. The van der Waals surface area contributed by atoms with Gasteiger partial charge in [-0.3, -0.25) is 4.90 Å². The van der Waals surface area contributed by atoms with E-state index in [0.717, 1.165) is 66.8 Å². The Morgan fingerprint density at radius 1 is 0.705 bits per heavy atom. The van der Waals surface area contributed by atoms with E-state index in [1.54, 1.807) is 12.3 Å². The Labute approximate surface area is 251 Å². The van der Waals surface area contributed by atoms with E-state index < -0.39 is 23.5 Å². The van der Waals surface area contributed by atoms with Crippen LogP contribution in [-0.2, 0) is 18.9 Å². The maximum absolute atomic E-state index is 13.3. The first-order chi connectivity index (χ1) is 21.0. The highest BCUT2D eigenvalue weighted by molar-refractivity contribution is 5.82. The van der Waals surface area contributed by atoms with Crippen molar-refractivity contribution in [3.8, 4) is 11.6 Å². The minimum atomic E-state index is -4.48. The molecule has 1 aromatic heterocycles. The van der Waals surface area contributed by atoms with E-state index in [-0.39, 0.29) is 12.1 Å². The predicted molar refractivity (Wildman–Crippen MR) is 156 cm³/mol. The van der Waals surface area contributed by atoms with Crippen LogP contribution in [0.4, 0.5) is 26.3 Å². The molecule has 0 spiro atoms. The Morgan fingerprint density at radius 3 is 1.73 bits per heavy atom. The van der Waals surface area contributed by atoms with E-state index in [0.29, 0.717) is 35.6 Å². The van der Waals surface area contributed by atoms with E-state index in [1.807, 2.05) is 36.4 Å². The standard InChI is InChI=1S/C35H30F6N2O/c36-34(37,38)27-13-9-24(10-14-27)33(25-11-15-28(16-12-25)35(39,40)41)26-20-29-4-3-5-30(21-26)43(29)22-23-7-17-31(18-8-23)44-32-6-1-2-19-42-32/h1-2,6-19,29-30H,3-5,20-22H2. The van der Waals surface area contributed by atoms with Gasteiger partial charge in [0.15, 0.2) is 0 Å². The zero-order chi connectivity index (χ0) is 30.9. The molecular weight excluding hydrogens is 578 g/mol. The van der Waals surface area contributed by atoms with Gasteiger partial charge in [-0.25, -0.2) is 4.98 Å². The third-order valence-electron chi connectivity index (χ3n) is 8.48. The van der Waals surface area contributed by atoms with Crippen LogP contribution in [0.3, 0.4) is 0 Å². The van der Waals surface area contributed by atoms with Crippen LogP contribution >= 0.6 is 0 Å². The SMILES string of the molecule is FC(F)(F)c1ccc(C(=C2CC3CCCC(C2)N3Cc2ccc(Oc3ccccn3)cc2)c2ccc(C(F)(F)F)cc2)cc1. The molecule has 2 atom stereocenters. The second-order valence-electron chi connectivity index (χ2n) is 11.4. The zero-order valence-electron chi connectivity index (χ0n) is 23.7. The van der Waals surface area contributed by atoms with E-state index >= 15 is 0 Å². The monoisotopic (exact) mass is 608 g/mol. The second-order valence-corrected chi connectivity index (χ2v) is 11.4. The topological polar surface area (TPSA) is 25.4 Å². The maximum atomic E-state index is 13.3. The van der Waals surface area contributed by atoms with Crippen LogP contribution in [0, 0.1) is 0 Å².